The highest BCUT2D eigenvalue weighted by molar-refractivity contribution is 5.87. The van der Waals surface area contributed by atoms with Crippen molar-refractivity contribution in [2.24, 2.45) is 0 Å². The quantitative estimate of drug-likeness (QED) is 0.871. The van der Waals surface area contributed by atoms with E-state index >= 15 is 0 Å². The molecular weight excluding hydrogens is 319 g/mol. The molecule has 5 heteroatoms. The molecule has 1 saturated heterocycles. The number of carbonyl (C=O) groups is 1. The summed E-state index contributed by atoms with van der Waals surface area (Å²) in [4.78, 5) is 15.7. The van der Waals surface area contributed by atoms with Crippen molar-refractivity contribution in [3.05, 3.63) is 66.5 Å². The largest absolute Gasteiger partial charge is 0.392 e. The number of hydrogen-bond acceptors (Lipinski definition) is 3. The number of aliphatic hydroxyl groups is 1. The maximum absolute atomic E-state index is 13.9. The highest BCUT2D eigenvalue weighted by Gasteiger charge is 2.20. The fraction of sp³-hybridized carbons (Fsp3) is 0.250. The molecule has 0 spiro atoms. The fourth-order valence-electron chi connectivity index (χ4n) is 3.17. The van der Waals surface area contributed by atoms with Gasteiger partial charge in [-0.3, -0.25) is 4.79 Å². The van der Waals surface area contributed by atoms with Crippen LogP contribution in [0.4, 0.5) is 10.1 Å². The molecule has 2 aromatic rings. The van der Waals surface area contributed by atoms with Crippen LogP contribution in [0.2, 0.25) is 0 Å². The number of rotatable bonds is 4. The molecule has 1 amide bonds. The number of piperazine rings is 1. The van der Waals surface area contributed by atoms with Crippen molar-refractivity contribution in [2.75, 3.05) is 31.1 Å². The van der Waals surface area contributed by atoms with Gasteiger partial charge in [0.1, 0.15) is 5.82 Å². The molecule has 0 aliphatic carbocycles. The molecule has 2 aromatic carbocycles. The first-order valence-electron chi connectivity index (χ1n) is 8.29. The Kier molecular flexibility index (Phi) is 5.14. The van der Waals surface area contributed by atoms with Gasteiger partial charge in [-0.05, 0) is 35.4 Å². The molecule has 0 atom stereocenters. The van der Waals surface area contributed by atoms with E-state index in [0.29, 0.717) is 24.2 Å². The Morgan fingerprint density at radius 2 is 1.88 bits per heavy atom. The zero-order chi connectivity index (χ0) is 17.8. The third-order valence-corrected chi connectivity index (χ3v) is 4.57. The van der Waals surface area contributed by atoms with Gasteiger partial charge in [0.05, 0.1) is 6.61 Å². The van der Waals surface area contributed by atoms with Crippen molar-refractivity contribution in [1.29, 1.82) is 0 Å². The summed E-state index contributed by atoms with van der Waals surface area (Å²) in [6, 6.07) is 12.7. The molecule has 25 heavy (non-hydrogen) atoms. The van der Waals surface area contributed by atoms with E-state index in [4.69, 9.17) is 0 Å². The van der Waals surface area contributed by atoms with Gasteiger partial charge in [0.25, 0.3) is 0 Å². The Bertz CT molecular complexity index is 783. The third kappa shape index (κ3) is 3.56. The van der Waals surface area contributed by atoms with E-state index in [1.807, 2.05) is 30.3 Å². The van der Waals surface area contributed by atoms with Crippen molar-refractivity contribution >= 4 is 11.6 Å². The Morgan fingerprint density at radius 3 is 2.56 bits per heavy atom. The van der Waals surface area contributed by atoms with Gasteiger partial charge in [-0.2, -0.15) is 0 Å². The Labute approximate surface area is 146 Å². The first-order valence-corrected chi connectivity index (χ1v) is 8.29. The minimum absolute atomic E-state index is 0.0410. The highest BCUT2D eigenvalue weighted by atomic mass is 19.1. The lowest BCUT2D eigenvalue weighted by atomic mass is 9.99. The molecule has 1 aliphatic heterocycles. The predicted molar refractivity (Wildman–Crippen MR) is 96.7 cm³/mol. The molecular formula is C20H21FN2O2. The average Bonchev–Trinajstić information content (AvgIpc) is 2.67. The van der Waals surface area contributed by atoms with Crippen LogP contribution in [0.15, 0.2) is 55.1 Å². The molecule has 1 heterocycles. The topological polar surface area (TPSA) is 43.8 Å². The summed E-state index contributed by atoms with van der Waals surface area (Å²) in [6.07, 6.45) is 1.34. The van der Waals surface area contributed by atoms with E-state index in [0.717, 1.165) is 24.3 Å². The SMILES string of the molecule is C=CC(=O)N1CCN(c2cccc(-c3cccc(F)c3CO)c2)CC1. The lowest BCUT2D eigenvalue weighted by Crippen LogP contribution is -2.48. The molecule has 4 nitrogen and oxygen atoms in total. The Morgan fingerprint density at radius 1 is 1.16 bits per heavy atom. The van der Waals surface area contributed by atoms with E-state index in [2.05, 4.69) is 11.5 Å². The van der Waals surface area contributed by atoms with Crippen molar-refractivity contribution in [3.63, 3.8) is 0 Å². The van der Waals surface area contributed by atoms with Gasteiger partial charge < -0.3 is 14.9 Å². The number of aliphatic hydroxyl groups excluding tert-OH is 1. The zero-order valence-electron chi connectivity index (χ0n) is 14.0. The van der Waals surface area contributed by atoms with Crippen LogP contribution in [0.3, 0.4) is 0 Å². The molecule has 1 N–H and O–H groups in total. The van der Waals surface area contributed by atoms with Crippen LogP contribution in [0, 0.1) is 5.82 Å². The lowest BCUT2D eigenvalue weighted by molar-refractivity contribution is -0.126. The van der Waals surface area contributed by atoms with Gasteiger partial charge in [0.15, 0.2) is 0 Å². The number of benzene rings is 2. The molecule has 3 rings (SSSR count). The van der Waals surface area contributed by atoms with Crippen LogP contribution in [0.5, 0.6) is 0 Å². The minimum Gasteiger partial charge on any atom is -0.392 e. The number of halogens is 1. The van der Waals surface area contributed by atoms with E-state index in [1.54, 1.807) is 11.0 Å². The van der Waals surface area contributed by atoms with E-state index in [1.165, 1.54) is 12.1 Å². The van der Waals surface area contributed by atoms with Crippen molar-refractivity contribution in [3.8, 4) is 11.1 Å². The van der Waals surface area contributed by atoms with Crippen LogP contribution in [0.25, 0.3) is 11.1 Å². The summed E-state index contributed by atoms with van der Waals surface area (Å²) in [7, 11) is 0. The zero-order valence-corrected chi connectivity index (χ0v) is 14.0. The van der Waals surface area contributed by atoms with Gasteiger partial charge in [0, 0.05) is 37.4 Å². The summed E-state index contributed by atoms with van der Waals surface area (Å²) < 4.78 is 13.9. The predicted octanol–water partition coefficient (Wildman–Crippen LogP) is 2.82. The van der Waals surface area contributed by atoms with Crippen LogP contribution >= 0.6 is 0 Å². The van der Waals surface area contributed by atoms with Crippen molar-refractivity contribution in [2.45, 2.75) is 6.61 Å². The Hall–Kier alpha value is -2.66. The van der Waals surface area contributed by atoms with Crippen LogP contribution < -0.4 is 4.90 Å². The van der Waals surface area contributed by atoms with E-state index < -0.39 is 5.82 Å². The number of carbonyl (C=O) groups excluding carboxylic acids is 1. The fourth-order valence-corrected chi connectivity index (χ4v) is 3.17. The smallest absolute Gasteiger partial charge is 0.246 e. The second kappa shape index (κ2) is 7.49. The molecule has 1 fully saturated rings. The second-order valence-corrected chi connectivity index (χ2v) is 5.99. The van der Waals surface area contributed by atoms with Crippen molar-refractivity contribution in [1.82, 2.24) is 4.90 Å². The lowest BCUT2D eigenvalue weighted by Gasteiger charge is -2.35. The Balaban J connectivity index is 1.83. The number of hydrogen-bond donors (Lipinski definition) is 1. The number of amides is 1. The van der Waals surface area contributed by atoms with Gasteiger partial charge in [-0.25, -0.2) is 4.39 Å². The van der Waals surface area contributed by atoms with Crippen molar-refractivity contribution < 1.29 is 14.3 Å². The van der Waals surface area contributed by atoms with Crippen LogP contribution in [-0.2, 0) is 11.4 Å². The first kappa shape index (κ1) is 17.2. The van der Waals surface area contributed by atoms with E-state index in [-0.39, 0.29) is 12.5 Å². The standard InChI is InChI=1S/C20H21FN2O2/c1-2-20(25)23-11-9-22(10-12-23)16-6-3-5-15(13-16)17-7-4-8-19(21)18(17)14-24/h2-8,13,24H,1,9-12,14H2. The van der Waals surface area contributed by atoms with Crippen LogP contribution in [-0.4, -0.2) is 42.1 Å². The molecule has 0 saturated carbocycles. The van der Waals surface area contributed by atoms with Crippen LogP contribution in [0.1, 0.15) is 5.56 Å². The molecule has 1 aliphatic rings. The van der Waals surface area contributed by atoms with Gasteiger partial charge in [0.2, 0.25) is 5.91 Å². The third-order valence-electron chi connectivity index (χ3n) is 4.57. The first-order chi connectivity index (χ1) is 12.1. The van der Waals surface area contributed by atoms with Gasteiger partial charge >= 0.3 is 0 Å². The summed E-state index contributed by atoms with van der Waals surface area (Å²) in [6.45, 7) is 5.96. The monoisotopic (exact) mass is 340 g/mol. The van der Waals surface area contributed by atoms with E-state index in [9.17, 15) is 14.3 Å². The summed E-state index contributed by atoms with van der Waals surface area (Å²) >= 11 is 0. The van der Waals surface area contributed by atoms with Gasteiger partial charge in [-0.1, -0.05) is 30.8 Å². The second-order valence-electron chi connectivity index (χ2n) is 5.99. The molecule has 130 valence electrons. The maximum atomic E-state index is 13.9. The normalized spacial score (nSPS) is 14.5. The molecule has 0 unspecified atom stereocenters. The number of anilines is 1. The molecule has 0 aromatic heterocycles. The number of nitrogens with zero attached hydrogens (tertiary/aromatic N) is 2. The highest BCUT2D eigenvalue weighted by Crippen LogP contribution is 2.29. The summed E-state index contributed by atoms with van der Waals surface area (Å²) in [5, 5.41) is 9.49. The average molecular weight is 340 g/mol. The molecule has 0 radical (unpaired) electrons. The minimum atomic E-state index is -0.401. The summed E-state index contributed by atoms with van der Waals surface area (Å²) in [5.41, 5.74) is 2.90. The molecule has 0 bridgehead atoms. The van der Waals surface area contributed by atoms with Gasteiger partial charge in [-0.15, -0.1) is 0 Å². The maximum Gasteiger partial charge on any atom is 0.246 e. The summed E-state index contributed by atoms with van der Waals surface area (Å²) in [5.74, 6) is -0.442.